The summed E-state index contributed by atoms with van der Waals surface area (Å²) in [6.45, 7) is 1.62. The van der Waals surface area contributed by atoms with Gasteiger partial charge >= 0.3 is 0 Å². The van der Waals surface area contributed by atoms with Gasteiger partial charge in [0.15, 0.2) is 0 Å². The predicted molar refractivity (Wildman–Crippen MR) is 125 cm³/mol. The largest absolute Gasteiger partial charge is 0.497 e. The first-order chi connectivity index (χ1) is 16.1. The van der Waals surface area contributed by atoms with Gasteiger partial charge in [0, 0.05) is 35.8 Å². The van der Waals surface area contributed by atoms with Gasteiger partial charge in [-0.25, -0.2) is 0 Å². The Hall–Kier alpha value is -3.84. The first kappa shape index (κ1) is 22.4. The van der Waals surface area contributed by atoms with Crippen LogP contribution in [0, 0.1) is 0 Å². The van der Waals surface area contributed by atoms with E-state index in [9.17, 15) is 9.59 Å². The Morgan fingerprint density at radius 1 is 1.00 bits per heavy atom. The van der Waals surface area contributed by atoms with Crippen molar-refractivity contribution in [3.05, 3.63) is 89.0 Å². The summed E-state index contributed by atoms with van der Waals surface area (Å²) >= 11 is 0. The molecule has 4 rings (SSSR count). The number of hydrogen-bond acceptors (Lipinski definition) is 5. The molecule has 1 aliphatic rings. The topological polar surface area (TPSA) is 85.9 Å². The average Bonchev–Trinajstić information content (AvgIpc) is 2.83. The fourth-order valence-electron chi connectivity index (χ4n) is 3.60. The van der Waals surface area contributed by atoms with Crippen molar-refractivity contribution in [2.75, 3.05) is 38.8 Å². The van der Waals surface area contributed by atoms with Crippen molar-refractivity contribution in [3.63, 3.8) is 0 Å². The third-order valence-electron chi connectivity index (χ3n) is 5.25. The molecule has 1 heterocycles. The van der Waals surface area contributed by atoms with Crippen LogP contribution >= 0.6 is 0 Å². The monoisotopic (exact) mass is 446 g/mol. The average molecular weight is 447 g/mol. The summed E-state index contributed by atoms with van der Waals surface area (Å²) in [5.74, 6) is 0.974. The molecule has 3 aromatic rings. The molecule has 1 aliphatic heterocycles. The van der Waals surface area contributed by atoms with Gasteiger partial charge in [-0.05, 0) is 53.6 Å². The Balaban J connectivity index is 1.61. The zero-order valence-corrected chi connectivity index (χ0v) is 18.4. The lowest BCUT2D eigenvalue weighted by molar-refractivity contribution is 0.0865. The normalized spacial score (nSPS) is 14.2. The molecular weight excluding hydrogens is 420 g/mol. The van der Waals surface area contributed by atoms with E-state index in [1.165, 1.54) is 0 Å². The highest BCUT2D eigenvalue weighted by atomic mass is 16.5. The minimum Gasteiger partial charge on any atom is -0.497 e. The van der Waals surface area contributed by atoms with E-state index in [2.05, 4.69) is 10.6 Å². The van der Waals surface area contributed by atoms with Crippen LogP contribution in [0.1, 0.15) is 31.8 Å². The molecule has 3 aromatic carbocycles. The van der Waals surface area contributed by atoms with Crippen molar-refractivity contribution < 1.29 is 23.8 Å². The molecule has 0 atom stereocenters. The summed E-state index contributed by atoms with van der Waals surface area (Å²) < 4.78 is 16.7. The number of rotatable bonds is 3. The molecule has 0 saturated heterocycles. The number of carbonyl (C=O) groups is 2. The molecule has 0 unspecified atom stereocenters. The summed E-state index contributed by atoms with van der Waals surface area (Å²) in [6, 6.07) is 20.0. The Labute approximate surface area is 192 Å². The third-order valence-corrected chi connectivity index (χ3v) is 5.25. The summed E-state index contributed by atoms with van der Waals surface area (Å²) in [5.41, 5.74) is 3.53. The van der Waals surface area contributed by atoms with Crippen molar-refractivity contribution in [1.29, 1.82) is 0 Å². The Morgan fingerprint density at radius 3 is 2.76 bits per heavy atom. The molecule has 0 radical (unpaired) electrons. The molecule has 2 amide bonds. The van der Waals surface area contributed by atoms with E-state index in [1.54, 1.807) is 37.4 Å². The van der Waals surface area contributed by atoms with Gasteiger partial charge in [-0.3, -0.25) is 9.59 Å². The van der Waals surface area contributed by atoms with Crippen LogP contribution in [-0.4, -0.2) is 45.3 Å². The highest BCUT2D eigenvalue weighted by Gasteiger charge is 2.14. The molecule has 0 spiro atoms. The lowest BCUT2D eigenvalue weighted by atomic mass is 9.99. The molecule has 7 nitrogen and oxygen atoms in total. The summed E-state index contributed by atoms with van der Waals surface area (Å²) in [5, 5.41) is 5.76. The first-order valence-corrected chi connectivity index (χ1v) is 10.8. The van der Waals surface area contributed by atoms with Crippen LogP contribution in [0.2, 0.25) is 0 Å². The van der Waals surface area contributed by atoms with E-state index in [0.717, 1.165) is 11.1 Å². The van der Waals surface area contributed by atoms with E-state index in [4.69, 9.17) is 14.2 Å². The van der Waals surface area contributed by atoms with Crippen LogP contribution in [0.15, 0.2) is 66.7 Å². The maximum atomic E-state index is 12.9. The van der Waals surface area contributed by atoms with E-state index < -0.39 is 0 Å². The number of fused-ring (bicyclic) bond motifs is 3. The van der Waals surface area contributed by atoms with Gasteiger partial charge in [0.05, 0.1) is 20.3 Å². The molecular formula is C26H26N2O5. The van der Waals surface area contributed by atoms with Gasteiger partial charge < -0.3 is 24.8 Å². The number of methoxy groups -OCH3 is 1. The fraction of sp³-hybridized carbons (Fsp3) is 0.231. The van der Waals surface area contributed by atoms with E-state index >= 15 is 0 Å². The van der Waals surface area contributed by atoms with Gasteiger partial charge in [0.1, 0.15) is 18.1 Å². The van der Waals surface area contributed by atoms with Gasteiger partial charge in [-0.1, -0.05) is 18.2 Å². The Morgan fingerprint density at radius 2 is 1.88 bits per heavy atom. The van der Waals surface area contributed by atoms with E-state index in [1.807, 2.05) is 36.4 Å². The number of anilines is 1. The summed E-state index contributed by atoms with van der Waals surface area (Å²) in [4.78, 5) is 25.3. The third kappa shape index (κ3) is 5.90. The molecule has 33 heavy (non-hydrogen) atoms. The zero-order chi connectivity index (χ0) is 23.0. The minimum atomic E-state index is -0.234. The molecule has 7 heteroatoms. The van der Waals surface area contributed by atoms with E-state index in [-0.39, 0.29) is 11.8 Å². The molecule has 0 saturated carbocycles. The van der Waals surface area contributed by atoms with Crippen molar-refractivity contribution in [1.82, 2.24) is 5.32 Å². The zero-order valence-electron chi connectivity index (χ0n) is 18.4. The number of benzene rings is 3. The van der Waals surface area contributed by atoms with Crippen LogP contribution in [0.3, 0.4) is 0 Å². The lowest BCUT2D eigenvalue weighted by Gasteiger charge is -2.15. The fourth-order valence-corrected chi connectivity index (χ4v) is 3.60. The quantitative estimate of drug-likeness (QED) is 0.641. The second-order valence-electron chi connectivity index (χ2n) is 7.60. The molecule has 0 aromatic heterocycles. The molecule has 0 fully saturated rings. The summed E-state index contributed by atoms with van der Waals surface area (Å²) in [6.07, 6.45) is 0.511. The standard InChI is InChI=1S/C26H26N2O5/c1-31-23-7-3-6-22(17-23)28-26(30)20-8-9-24-21(16-20)15-18-4-2-5-19(14-18)25(29)27-10-11-32-12-13-33-24/h2-9,14,16-17H,10-13,15H2,1H3,(H,27,29)(H,28,30). The second-order valence-corrected chi connectivity index (χ2v) is 7.60. The Kier molecular flexibility index (Phi) is 7.22. The highest BCUT2D eigenvalue weighted by molar-refractivity contribution is 6.04. The lowest BCUT2D eigenvalue weighted by Crippen LogP contribution is -2.28. The predicted octanol–water partition coefficient (Wildman–Crippen LogP) is 3.68. The molecule has 2 N–H and O–H groups in total. The summed E-state index contributed by atoms with van der Waals surface area (Å²) in [7, 11) is 1.58. The maximum Gasteiger partial charge on any atom is 0.255 e. The van der Waals surface area contributed by atoms with Crippen molar-refractivity contribution in [2.24, 2.45) is 0 Å². The van der Waals surface area contributed by atoms with Crippen molar-refractivity contribution in [3.8, 4) is 11.5 Å². The number of hydrogen-bond donors (Lipinski definition) is 2. The van der Waals surface area contributed by atoms with Gasteiger partial charge in [-0.15, -0.1) is 0 Å². The number of ether oxygens (including phenoxy) is 3. The minimum absolute atomic E-state index is 0.139. The molecule has 0 aliphatic carbocycles. The number of nitrogens with one attached hydrogen (secondary N) is 2. The first-order valence-electron chi connectivity index (χ1n) is 10.8. The van der Waals surface area contributed by atoms with Gasteiger partial charge in [0.2, 0.25) is 0 Å². The second kappa shape index (κ2) is 10.7. The van der Waals surface area contributed by atoms with E-state index in [0.29, 0.717) is 61.1 Å². The highest BCUT2D eigenvalue weighted by Crippen LogP contribution is 2.25. The van der Waals surface area contributed by atoms with Crippen LogP contribution in [0.25, 0.3) is 0 Å². The van der Waals surface area contributed by atoms with Gasteiger partial charge in [0.25, 0.3) is 11.8 Å². The molecule has 2 bridgehead atoms. The maximum absolute atomic E-state index is 12.9. The molecule has 170 valence electrons. The van der Waals surface area contributed by atoms with Crippen LogP contribution < -0.4 is 20.1 Å². The Bertz CT molecular complexity index is 1150. The number of amides is 2. The van der Waals surface area contributed by atoms with Crippen LogP contribution in [-0.2, 0) is 11.2 Å². The van der Waals surface area contributed by atoms with Crippen molar-refractivity contribution >= 4 is 17.5 Å². The van der Waals surface area contributed by atoms with Crippen LogP contribution in [0.5, 0.6) is 11.5 Å². The van der Waals surface area contributed by atoms with Gasteiger partial charge in [-0.2, -0.15) is 0 Å². The SMILES string of the molecule is COc1cccc(NC(=O)c2ccc3c(c2)Cc2cccc(c2)C(=O)NCCOCCO3)c1. The smallest absolute Gasteiger partial charge is 0.255 e. The number of carbonyl (C=O) groups excluding carboxylic acids is 2. The van der Waals surface area contributed by atoms with Crippen molar-refractivity contribution in [2.45, 2.75) is 6.42 Å². The van der Waals surface area contributed by atoms with Crippen LogP contribution in [0.4, 0.5) is 5.69 Å².